The lowest BCUT2D eigenvalue weighted by molar-refractivity contribution is -0.0459. The molecule has 9 nitrogen and oxygen atoms in total. The van der Waals surface area contributed by atoms with Gasteiger partial charge < -0.3 is 26.4 Å². The Morgan fingerprint density at radius 2 is 2.00 bits per heavy atom. The molecule has 0 unspecified atom stereocenters. The van der Waals surface area contributed by atoms with E-state index in [1.807, 2.05) is 0 Å². The fourth-order valence-electron chi connectivity index (χ4n) is 2.22. The Balaban J connectivity index is 0.00000121. The average Bonchev–Trinajstić information content (AvgIpc) is 2.93. The van der Waals surface area contributed by atoms with Gasteiger partial charge in [-0.1, -0.05) is 0 Å². The molecule has 0 saturated carbocycles. The third-order valence-electron chi connectivity index (χ3n) is 3.21. The number of fused-ring (bicyclic) bond motifs is 1. The van der Waals surface area contributed by atoms with Gasteiger partial charge in [-0.15, -0.1) is 24.8 Å². The highest BCUT2D eigenvalue weighted by Crippen LogP contribution is 2.33. The Morgan fingerprint density at radius 1 is 1.32 bits per heavy atom. The van der Waals surface area contributed by atoms with Crippen LogP contribution in [0.3, 0.4) is 0 Å². The number of alkyl halides is 1. The molecule has 0 radical (unpaired) electrons. The van der Waals surface area contributed by atoms with E-state index >= 15 is 0 Å². The Morgan fingerprint density at radius 3 is 2.59 bits per heavy atom. The van der Waals surface area contributed by atoms with Gasteiger partial charge in [-0.2, -0.15) is 9.97 Å². The summed E-state index contributed by atoms with van der Waals surface area (Å²) < 4.78 is 20.6. The molecule has 124 valence electrons. The lowest BCUT2D eigenvalue weighted by Crippen LogP contribution is -2.30. The van der Waals surface area contributed by atoms with Gasteiger partial charge in [-0.25, -0.2) is 9.37 Å². The minimum atomic E-state index is -1.73. The maximum atomic E-state index is 14.1. The van der Waals surface area contributed by atoms with Crippen LogP contribution in [0.1, 0.15) is 6.23 Å². The predicted octanol–water partition coefficient (Wildman–Crippen LogP) is -0.577. The molecule has 2 aromatic rings. The molecule has 12 heteroatoms. The van der Waals surface area contributed by atoms with Crippen molar-refractivity contribution in [2.45, 2.75) is 24.6 Å². The topological polar surface area (TPSA) is 145 Å². The summed E-state index contributed by atoms with van der Waals surface area (Å²) >= 11 is 0. The molecule has 4 atom stereocenters. The van der Waals surface area contributed by atoms with Gasteiger partial charge in [0.25, 0.3) is 0 Å². The maximum absolute atomic E-state index is 14.1. The number of aromatic nitrogens is 4. The molecule has 1 aliphatic heterocycles. The van der Waals surface area contributed by atoms with Crippen LogP contribution in [0.25, 0.3) is 11.2 Å². The van der Waals surface area contributed by atoms with Gasteiger partial charge in [0.1, 0.15) is 17.7 Å². The van der Waals surface area contributed by atoms with Crippen molar-refractivity contribution in [3.05, 3.63) is 6.33 Å². The predicted molar refractivity (Wildman–Crippen MR) is 80.5 cm³/mol. The first-order chi connectivity index (χ1) is 9.52. The second kappa shape index (κ2) is 6.75. The number of hydrogen-bond donors (Lipinski definition) is 4. The number of nitrogens with two attached hydrogens (primary N) is 2. The van der Waals surface area contributed by atoms with E-state index < -0.39 is 31.2 Å². The molecule has 6 N–H and O–H groups in total. The number of rotatable bonds is 2. The highest BCUT2D eigenvalue weighted by Gasteiger charge is 2.45. The first-order valence-corrected chi connectivity index (χ1v) is 5.87. The molecule has 0 aliphatic carbocycles. The van der Waals surface area contributed by atoms with Gasteiger partial charge >= 0.3 is 0 Å². The highest BCUT2D eigenvalue weighted by molar-refractivity contribution is 5.85. The zero-order valence-corrected chi connectivity index (χ0v) is 12.7. The first-order valence-electron chi connectivity index (χ1n) is 5.87. The number of imidazole rings is 1. The van der Waals surface area contributed by atoms with Crippen molar-refractivity contribution in [2.75, 3.05) is 18.1 Å². The van der Waals surface area contributed by atoms with Gasteiger partial charge in [-0.05, 0) is 0 Å². The summed E-state index contributed by atoms with van der Waals surface area (Å²) in [6.45, 7) is -0.496. The van der Waals surface area contributed by atoms with E-state index in [1.165, 1.54) is 10.9 Å². The van der Waals surface area contributed by atoms with E-state index in [0.717, 1.165) is 0 Å². The van der Waals surface area contributed by atoms with Crippen molar-refractivity contribution in [3.8, 4) is 0 Å². The summed E-state index contributed by atoms with van der Waals surface area (Å²) in [5, 5.41) is 18.7. The summed E-state index contributed by atoms with van der Waals surface area (Å²) in [7, 11) is 0. The zero-order chi connectivity index (χ0) is 14.4. The fourth-order valence-corrected chi connectivity index (χ4v) is 2.22. The third-order valence-corrected chi connectivity index (χ3v) is 3.21. The number of aliphatic hydroxyl groups excluding tert-OH is 2. The van der Waals surface area contributed by atoms with Crippen LogP contribution in [-0.2, 0) is 4.74 Å². The average molecular weight is 357 g/mol. The van der Waals surface area contributed by atoms with Gasteiger partial charge in [0.15, 0.2) is 23.9 Å². The number of ether oxygens (including phenoxy) is 1. The number of halogens is 3. The quantitative estimate of drug-likeness (QED) is 0.559. The van der Waals surface area contributed by atoms with Crippen LogP contribution in [0, 0.1) is 0 Å². The number of anilines is 2. The van der Waals surface area contributed by atoms with Gasteiger partial charge in [0.2, 0.25) is 5.95 Å². The number of nitrogen functional groups attached to an aromatic ring is 2. The minimum Gasteiger partial charge on any atom is -0.394 e. The number of nitrogens with zero attached hydrogens (tertiary/aromatic N) is 4. The summed E-state index contributed by atoms with van der Waals surface area (Å²) in [5.74, 6) is -0.0108. The molecule has 22 heavy (non-hydrogen) atoms. The molecular weight excluding hydrogens is 342 g/mol. The number of hydrogen-bond acceptors (Lipinski definition) is 8. The molecule has 1 fully saturated rings. The van der Waals surface area contributed by atoms with E-state index in [1.54, 1.807) is 0 Å². The third kappa shape index (κ3) is 2.75. The SMILES string of the molecule is Cl.Cl.Nc1nc(N)c2ncn([C@@H]3O[C@H](CO)[C@@H](O)[C@H]3F)c2n1. The largest absolute Gasteiger partial charge is 0.394 e. The monoisotopic (exact) mass is 356 g/mol. The van der Waals surface area contributed by atoms with E-state index in [0.29, 0.717) is 0 Å². The summed E-state index contributed by atoms with van der Waals surface area (Å²) in [6, 6.07) is 0. The molecule has 2 aromatic heterocycles. The Labute approximate surface area is 136 Å². The maximum Gasteiger partial charge on any atom is 0.224 e. The van der Waals surface area contributed by atoms with E-state index in [9.17, 15) is 9.50 Å². The molecule has 0 spiro atoms. The standard InChI is InChI=1S/C10H13FN6O3.2ClH/c11-4-6(19)3(1-18)20-9(4)17-2-14-5-7(12)15-10(13)16-8(5)17;;/h2-4,6,9,18-19H,1H2,(H4,12,13,15,16);2*1H/t3-,4-,6-,9-;;/m1../s1. The Bertz CT molecular complexity index is 659. The lowest BCUT2D eigenvalue weighted by atomic mass is 10.1. The fraction of sp³-hybridized carbons (Fsp3) is 0.500. The molecule has 3 rings (SSSR count). The van der Waals surface area contributed by atoms with Gasteiger partial charge in [-0.3, -0.25) is 4.57 Å². The van der Waals surface area contributed by atoms with Crippen LogP contribution in [0.4, 0.5) is 16.2 Å². The molecule has 0 bridgehead atoms. The Kier molecular flexibility index (Phi) is 5.70. The van der Waals surface area contributed by atoms with Crippen LogP contribution in [-0.4, -0.2) is 54.7 Å². The van der Waals surface area contributed by atoms with Crippen molar-refractivity contribution in [3.63, 3.8) is 0 Å². The molecular formula is C10H15Cl2FN6O3. The summed E-state index contributed by atoms with van der Waals surface area (Å²) in [4.78, 5) is 11.7. The lowest BCUT2D eigenvalue weighted by Gasteiger charge is -2.15. The first kappa shape index (κ1) is 18.6. The molecule has 1 saturated heterocycles. The van der Waals surface area contributed by atoms with Crippen molar-refractivity contribution in [1.29, 1.82) is 0 Å². The van der Waals surface area contributed by atoms with Crippen LogP contribution < -0.4 is 11.5 Å². The van der Waals surface area contributed by atoms with E-state index in [4.69, 9.17) is 21.3 Å². The van der Waals surface area contributed by atoms with Crippen LogP contribution in [0.2, 0.25) is 0 Å². The van der Waals surface area contributed by atoms with Crippen molar-refractivity contribution in [2.24, 2.45) is 0 Å². The van der Waals surface area contributed by atoms with Crippen LogP contribution in [0.5, 0.6) is 0 Å². The minimum absolute atomic E-state index is 0. The molecule has 1 aliphatic rings. The van der Waals surface area contributed by atoms with E-state index in [2.05, 4.69) is 15.0 Å². The smallest absolute Gasteiger partial charge is 0.224 e. The Hall–Kier alpha value is -1.46. The second-order valence-corrected chi connectivity index (χ2v) is 4.47. The van der Waals surface area contributed by atoms with Gasteiger partial charge in [0.05, 0.1) is 12.9 Å². The zero-order valence-electron chi connectivity index (χ0n) is 11.0. The van der Waals surface area contributed by atoms with Crippen LogP contribution >= 0.6 is 24.8 Å². The molecule has 0 amide bonds. The van der Waals surface area contributed by atoms with Crippen molar-refractivity contribution in [1.82, 2.24) is 19.5 Å². The molecule has 0 aromatic carbocycles. The molecule has 3 heterocycles. The van der Waals surface area contributed by atoms with Crippen molar-refractivity contribution < 1.29 is 19.3 Å². The highest BCUT2D eigenvalue weighted by atomic mass is 35.5. The van der Waals surface area contributed by atoms with E-state index in [-0.39, 0.29) is 47.7 Å². The second-order valence-electron chi connectivity index (χ2n) is 4.47. The normalized spacial score (nSPS) is 27.4. The van der Waals surface area contributed by atoms with Gasteiger partial charge in [0, 0.05) is 0 Å². The van der Waals surface area contributed by atoms with Crippen LogP contribution in [0.15, 0.2) is 6.33 Å². The summed E-state index contributed by atoms with van der Waals surface area (Å²) in [6.07, 6.45) is -4.07. The number of aliphatic hydroxyl groups is 2. The summed E-state index contributed by atoms with van der Waals surface area (Å²) in [5.41, 5.74) is 11.6. The van der Waals surface area contributed by atoms with Crippen molar-refractivity contribution >= 4 is 47.7 Å².